The van der Waals surface area contributed by atoms with Crippen LogP contribution in [-0.2, 0) is 0 Å². The maximum atomic E-state index is 6.37. The van der Waals surface area contributed by atoms with Gasteiger partial charge in [-0.3, -0.25) is 0 Å². The second-order valence-corrected chi connectivity index (χ2v) is 6.47. The maximum absolute atomic E-state index is 6.37. The van der Waals surface area contributed by atoms with Gasteiger partial charge in [0.25, 0.3) is 0 Å². The van der Waals surface area contributed by atoms with Crippen LogP contribution < -0.4 is 11.1 Å². The number of nitrogens with two attached hydrogens (primary N) is 1. The van der Waals surface area contributed by atoms with E-state index in [1.165, 1.54) is 19.3 Å². The van der Waals surface area contributed by atoms with Crippen molar-refractivity contribution in [1.29, 1.82) is 0 Å². The average Bonchev–Trinajstić information content (AvgIpc) is 2.61. The molecule has 1 aliphatic carbocycles. The quantitative estimate of drug-likeness (QED) is 0.582. The van der Waals surface area contributed by atoms with Crippen LogP contribution in [-0.4, -0.2) is 17.6 Å². The molecular formula is C12H24N2. The zero-order valence-corrected chi connectivity index (χ0v) is 9.77. The molecule has 2 fully saturated rings. The average molecular weight is 196 g/mol. The minimum Gasteiger partial charge on any atom is -0.325 e. The lowest BCUT2D eigenvalue weighted by Crippen LogP contribution is -2.42. The maximum Gasteiger partial charge on any atom is 0.0241 e. The summed E-state index contributed by atoms with van der Waals surface area (Å²) in [5, 5.41) is 3.54. The normalized spacial score (nSPS) is 47.1. The van der Waals surface area contributed by atoms with E-state index in [-0.39, 0.29) is 5.54 Å². The van der Waals surface area contributed by atoms with E-state index < -0.39 is 0 Å². The van der Waals surface area contributed by atoms with E-state index in [1.807, 2.05) is 0 Å². The summed E-state index contributed by atoms with van der Waals surface area (Å²) in [6.45, 7) is 6.95. The van der Waals surface area contributed by atoms with Crippen molar-refractivity contribution in [3.05, 3.63) is 0 Å². The summed E-state index contributed by atoms with van der Waals surface area (Å²) >= 11 is 0. The van der Waals surface area contributed by atoms with Crippen molar-refractivity contribution >= 4 is 0 Å². The molecule has 0 aromatic heterocycles. The highest BCUT2D eigenvalue weighted by Crippen LogP contribution is 2.38. The first-order valence-corrected chi connectivity index (χ1v) is 5.93. The molecule has 0 radical (unpaired) electrons. The van der Waals surface area contributed by atoms with Crippen molar-refractivity contribution in [2.75, 3.05) is 0 Å². The summed E-state index contributed by atoms with van der Waals surface area (Å²) in [4.78, 5) is 0. The first-order chi connectivity index (χ1) is 6.38. The minimum atomic E-state index is 0.0280. The molecule has 82 valence electrons. The van der Waals surface area contributed by atoms with Crippen LogP contribution in [0.15, 0.2) is 0 Å². The number of hydrogen-bond donors (Lipinski definition) is 2. The molecule has 1 saturated heterocycles. The minimum absolute atomic E-state index is 0.0280. The van der Waals surface area contributed by atoms with Gasteiger partial charge in [0.1, 0.15) is 0 Å². The van der Waals surface area contributed by atoms with Crippen molar-refractivity contribution in [3.8, 4) is 0 Å². The Balaban J connectivity index is 2.05. The number of hydrogen-bond acceptors (Lipinski definition) is 2. The number of rotatable bonds is 0. The topological polar surface area (TPSA) is 48.0 Å². The zero-order valence-electron chi connectivity index (χ0n) is 9.77. The van der Waals surface area contributed by atoms with Gasteiger partial charge >= 0.3 is 0 Å². The zero-order chi connectivity index (χ0) is 10.4. The van der Waals surface area contributed by atoms with E-state index in [2.05, 4.69) is 26.1 Å². The van der Waals surface area contributed by atoms with E-state index >= 15 is 0 Å². The second kappa shape index (κ2) is 3.21. The van der Waals surface area contributed by atoms with Crippen molar-refractivity contribution in [3.63, 3.8) is 0 Å². The van der Waals surface area contributed by atoms with Crippen LogP contribution in [0.3, 0.4) is 0 Å². The molecule has 2 nitrogen and oxygen atoms in total. The Morgan fingerprint density at radius 2 is 1.93 bits per heavy atom. The van der Waals surface area contributed by atoms with Gasteiger partial charge in [-0.2, -0.15) is 0 Å². The second-order valence-electron chi connectivity index (χ2n) is 6.47. The molecular weight excluding hydrogens is 172 g/mol. The van der Waals surface area contributed by atoms with Crippen LogP contribution in [0.5, 0.6) is 0 Å². The summed E-state index contributed by atoms with van der Waals surface area (Å²) in [5.41, 5.74) is 6.83. The summed E-state index contributed by atoms with van der Waals surface area (Å²) in [6, 6.07) is 1.51. The van der Waals surface area contributed by atoms with Crippen molar-refractivity contribution in [2.24, 2.45) is 11.1 Å². The molecule has 2 rings (SSSR count). The number of fused-ring (bicyclic) bond motifs is 1. The van der Waals surface area contributed by atoms with E-state index in [0.29, 0.717) is 5.41 Å². The van der Waals surface area contributed by atoms with E-state index in [0.717, 1.165) is 24.9 Å². The fourth-order valence-electron chi connectivity index (χ4n) is 3.26. The van der Waals surface area contributed by atoms with Gasteiger partial charge < -0.3 is 11.1 Å². The van der Waals surface area contributed by atoms with E-state index in [9.17, 15) is 0 Å². The molecule has 0 aromatic carbocycles. The van der Waals surface area contributed by atoms with Crippen molar-refractivity contribution < 1.29 is 0 Å². The smallest absolute Gasteiger partial charge is 0.0241 e. The summed E-state index contributed by atoms with van der Waals surface area (Å²) in [6.07, 6.45) is 6.35. The summed E-state index contributed by atoms with van der Waals surface area (Å²) in [7, 11) is 0. The van der Waals surface area contributed by atoms with Crippen LogP contribution in [0.1, 0.15) is 52.9 Å². The SMILES string of the molecule is CC1(C)CCCC2NC2CC(C)(N)C1. The van der Waals surface area contributed by atoms with Gasteiger partial charge in [0.2, 0.25) is 0 Å². The monoisotopic (exact) mass is 196 g/mol. The lowest BCUT2D eigenvalue weighted by atomic mass is 9.75. The van der Waals surface area contributed by atoms with Crippen LogP contribution in [0.2, 0.25) is 0 Å². The van der Waals surface area contributed by atoms with Gasteiger partial charge in [-0.1, -0.05) is 20.3 Å². The fraction of sp³-hybridized carbons (Fsp3) is 1.00. The molecule has 3 unspecified atom stereocenters. The first kappa shape index (κ1) is 10.4. The highest BCUT2D eigenvalue weighted by molar-refractivity contribution is 5.04. The Hall–Kier alpha value is -0.0800. The molecule has 1 heterocycles. The van der Waals surface area contributed by atoms with Crippen LogP contribution in [0, 0.1) is 5.41 Å². The van der Waals surface area contributed by atoms with Crippen molar-refractivity contribution in [2.45, 2.75) is 70.5 Å². The Morgan fingerprint density at radius 1 is 1.21 bits per heavy atom. The summed E-state index contributed by atoms with van der Waals surface area (Å²) < 4.78 is 0. The Bertz CT molecular complexity index is 220. The molecule has 2 aliphatic rings. The Kier molecular flexibility index (Phi) is 2.39. The van der Waals surface area contributed by atoms with E-state index in [4.69, 9.17) is 5.73 Å². The molecule has 0 aromatic rings. The number of nitrogens with one attached hydrogen (secondary N) is 1. The van der Waals surface area contributed by atoms with E-state index in [1.54, 1.807) is 0 Å². The fourth-order valence-corrected chi connectivity index (χ4v) is 3.26. The first-order valence-electron chi connectivity index (χ1n) is 5.93. The van der Waals surface area contributed by atoms with Gasteiger partial charge in [-0.05, 0) is 38.0 Å². The van der Waals surface area contributed by atoms with Gasteiger partial charge in [-0.15, -0.1) is 0 Å². The van der Waals surface area contributed by atoms with Gasteiger partial charge in [-0.25, -0.2) is 0 Å². The third-order valence-electron chi connectivity index (χ3n) is 3.74. The van der Waals surface area contributed by atoms with Crippen LogP contribution in [0.25, 0.3) is 0 Å². The lowest BCUT2D eigenvalue weighted by molar-refractivity contribution is 0.220. The predicted molar refractivity (Wildman–Crippen MR) is 60.2 cm³/mol. The highest BCUT2D eigenvalue weighted by Gasteiger charge is 2.42. The summed E-state index contributed by atoms with van der Waals surface area (Å²) in [5.74, 6) is 0. The molecule has 0 spiro atoms. The van der Waals surface area contributed by atoms with Crippen LogP contribution in [0.4, 0.5) is 0 Å². The third-order valence-corrected chi connectivity index (χ3v) is 3.74. The molecule has 0 bridgehead atoms. The molecule has 3 atom stereocenters. The van der Waals surface area contributed by atoms with Crippen LogP contribution >= 0.6 is 0 Å². The van der Waals surface area contributed by atoms with Crippen molar-refractivity contribution in [1.82, 2.24) is 5.32 Å². The molecule has 1 saturated carbocycles. The largest absolute Gasteiger partial charge is 0.325 e. The molecule has 3 N–H and O–H groups in total. The lowest BCUT2D eigenvalue weighted by Gasteiger charge is -2.34. The van der Waals surface area contributed by atoms with Gasteiger partial charge in [0.05, 0.1) is 0 Å². The molecule has 2 heteroatoms. The molecule has 1 aliphatic heterocycles. The standard InChI is InChI=1S/C12H24N2/c1-11(2)6-4-5-9-10(14-9)7-12(3,13)8-11/h9-10,14H,4-8,13H2,1-3H3. The predicted octanol–water partition coefficient (Wildman–Crippen LogP) is 2.03. The molecule has 14 heavy (non-hydrogen) atoms. The molecule has 0 amide bonds. The van der Waals surface area contributed by atoms with Gasteiger partial charge in [0.15, 0.2) is 0 Å². The van der Waals surface area contributed by atoms with Gasteiger partial charge in [0, 0.05) is 17.6 Å². The third kappa shape index (κ3) is 2.48. The highest BCUT2D eigenvalue weighted by atomic mass is 15.1. The Morgan fingerprint density at radius 3 is 2.64 bits per heavy atom. The Labute approximate surface area is 87.6 Å².